The molecule has 182 valence electrons. The van der Waals surface area contributed by atoms with Crippen LogP contribution in [0.3, 0.4) is 0 Å². The van der Waals surface area contributed by atoms with Crippen molar-refractivity contribution in [3.05, 3.63) is 12.7 Å². The van der Waals surface area contributed by atoms with E-state index in [9.17, 15) is 9.59 Å². The van der Waals surface area contributed by atoms with Gasteiger partial charge in [0.25, 0.3) is 0 Å². The monoisotopic (exact) mass is 464 g/mol. The van der Waals surface area contributed by atoms with E-state index < -0.39 is 14.4 Å². The average molecular weight is 465 g/mol. The van der Waals surface area contributed by atoms with Gasteiger partial charge in [-0.3, -0.25) is 9.59 Å². The Morgan fingerprint density at radius 3 is 2.47 bits per heavy atom. The lowest BCUT2D eigenvalue weighted by Crippen LogP contribution is -2.40. The first-order valence-corrected chi connectivity index (χ1v) is 14.7. The zero-order chi connectivity index (χ0) is 24.5. The molecule has 0 bridgehead atoms. The maximum Gasteiger partial charge on any atom is 0.209 e. The van der Waals surface area contributed by atoms with Crippen LogP contribution < -0.4 is 0 Å². The summed E-state index contributed by atoms with van der Waals surface area (Å²) >= 11 is 0. The quantitative estimate of drug-likeness (QED) is 0.0966. The number of rotatable bonds is 12. The van der Waals surface area contributed by atoms with Crippen molar-refractivity contribution in [2.45, 2.75) is 84.5 Å². The maximum absolute atomic E-state index is 12.9. The summed E-state index contributed by atoms with van der Waals surface area (Å²) < 4.78 is 16.5. The molecule has 0 radical (unpaired) electrons. The number of carbonyl (C=O) groups excluding carboxylic acids is 2. The van der Waals surface area contributed by atoms with E-state index in [4.69, 9.17) is 13.9 Å². The molecule has 0 N–H and O–H groups in total. The van der Waals surface area contributed by atoms with Gasteiger partial charge in [-0.25, -0.2) is 0 Å². The predicted octanol–water partition coefficient (Wildman–Crippen LogP) is 5.40. The van der Waals surface area contributed by atoms with Crippen molar-refractivity contribution in [2.24, 2.45) is 23.7 Å². The van der Waals surface area contributed by atoms with E-state index in [0.29, 0.717) is 13.0 Å². The Hall–Kier alpha value is -1.26. The molecule has 32 heavy (non-hydrogen) atoms. The molecule has 1 saturated carbocycles. The summed E-state index contributed by atoms with van der Waals surface area (Å²) in [5.74, 6) is 5.52. The molecule has 0 heterocycles. The summed E-state index contributed by atoms with van der Waals surface area (Å²) in [6.07, 6.45) is 4.02. The Bertz CT molecular complexity index is 697. The van der Waals surface area contributed by atoms with Crippen molar-refractivity contribution in [1.82, 2.24) is 0 Å². The molecule has 1 rings (SSSR count). The highest BCUT2D eigenvalue weighted by Crippen LogP contribution is 2.42. The molecule has 0 aromatic rings. The highest BCUT2D eigenvalue weighted by molar-refractivity contribution is 6.74. The first-order chi connectivity index (χ1) is 14.9. The fourth-order valence-electron chi connectivity index (χ4n) is 4.07. The van der Waals surface area contributed by atoms with Crippen LogP contribution >= 0.6 is 0 Å². The van der Waals surface area contributed by atoms with Crippen molar-refractivity contribution in [3.63, 3.8) is 0 Å². The van der Waals surface area contributed by atoms with Gasteiger partial charge in [-0.15, -0.1) is 6.58 Å². The molecule has 5 nitrogen and oxygen atoms in total. The Morgan fingerprint density at radius 1 is 1.25 bits per heavy atom. The number of Topliss-reactive ketones (excluding diaryl/α,β-unsaturated/α-hetero) is 2. The van der Waals surface area contributed by atoms with Gasteiger partial charge >= 0.3 is 0 Å². The Morgan fingerprint density at radius 2 is 1.91 bits per heavy atom. The Balaban J connectivity index is 2.67. The lowest BCUT2D eigenvalue weighted by atomic mass is 9.77. The normalized spacial score (nSPS) is 23.2. The van der Waals surface area contributed by atoms with Crippen molar-refractivity contribution in [2.75, 3.05) is 20.5 Å². The lowest BCUT2D eigenvalue weighted by Gasteiger charge is -2.36. The van der Waals surface area contributed by atoms with Crippen molar-refractivity contribution >= 4 is 19.9 Å². The minimum atomic E-state index is -1.74. The maximum atomic E-state index is 12.9. The molecule has 0 saturated heterocycles. The highest BCUT2D eigenvalue weighted by Gasteiger charge is 2.43. The molecule has 1 aliphatic rings. The number of unbranched alkanes of at least 4 members (excludes halogenated alkanes) is 1. The van der Waals surface area contributed by atoms with Gasteiger partial charge in [0.15, 0.2) is 14.1 Å². The van der Waals surface area contributed by atoms with E-state index in [-0.39, 0.29) is 47.1 Å². The van der Waals surface area contributed by atoms with Crippen LogP contribution in [0.25, 0.3) is 0 Å². The summed E-state index contributed by atoms with van der Waals surface area (Å²) in [4.78, 5) is 25.9. The number of methoxy groups -OCH3 is 1. The summed E-state index contributed by atoms with van der Waals surface area (Å²) in [6.45, 7) is 19.6. The molecule has 0 aliphatic heterocycles. The summed E-state index contributed by atoms with van der Waals surface area (Å²) in [5.41, 5.74) is 0. The third-order valence-corrected chi connectivity index (χ3v) is 11.7. The van der Waals surface area contributed by atoms with Crippen LogP contribution in [0.5, 0.6) is 0 Å². The molecular formula is C26H44O5Si. The van der Waals surface area contributed by atoms with Crippen LogP contribution in [0.2, 0.25) is 18.1 Å². The second kappa shape index (κ2) is 12.8. The van der Waals surface area contributed by atoms with E-state index in [1.54, 1.807) is 0 Å². The molecule has 5 atom stereocenters. The molecule has 6 heteroatoms. The largest absolute Gasteiger partial charge is 0.417 e. The molecule has 0 aromatic heterocycles. The van der Waals surface area contributed by atoms with Gasteiger partial charge < -0.3 is 13.9 Å². The minimum absolute atomic E-state index is 0.0187. The zero-order valence-electron chi connectivity index (χ0n) is 21.5. The fourth-order valence-corrected chi connectivity index (χ4v) is 5.15. The summed E-state index contributed by atoms with van der Waals surface area (Å²) in [6, 6.07) is 0. The van der Waals surface area contributed by atoms with Crippen LogP contribution in [-0.4, -0.2) is 46.5 Å². The van der Waals surface area contributed by atoms with Crippen molar-refractivity contribution in [3.8, 4) is 11.8 Å². The first-order valence-electron chi connectivity index (χ1n) is 11.8. The highest BCUT2D eigenvalue weighted by atomic mass is 28.4. The van der Waals surface area contributed by atoms with Gasteiger partial charge in [-0.05, 0) is 55.2 Å². The molecule has 0 amide bonds. The van der Waals surface area contributed by atoms with Crippen LogP contribution in [-0.2, 0) is 23.5 Å². The number of hydrogen-bond acceptors (Lipinski definition) is 5. The average Bonchev–Trinajstić information content (AvgIpc) is 3.10. The van der Waals surface area contributed by atoms with E-state index >= 15 is 0 Å². The molecule has 0 unspecified atom stereocenters. The number of hydrogen-bond donors (Lipinski definition) is 0. The van der Waals surface area contributed by atoms with Crippen LogP contribution in [0.15, 0.2) is 12.7 Å². The zero-order valence-corrected chi connectivity index (χ0v) is 22.5. The van der Waals surface area contributed by atoms with Crippen LogP contribution in [0, 0.1) is 35.5 Å². The van der Waals surface area contributed by atoms with Crippen LogP contribution in [0.1, 0.15) is 60.3 Å². The topological polar surface area (TPSA) is 61.8 Å². The third kappa shape index (κ3) is 7.95. The SMILES string of the molecule is C=C[C@@H](OCOC)C(=O)[C@@H](C)[C@@H]1CC[C@H](C)[C@@H]1C(=O)C#CCCCO[Si](C)(C)C(C)(C)C. The number of ether oxygens (including phenoxy) is 2. The van der Waals surface area contributed by atoms with E-state index in [0.717, 1.165) is 19.3 Å². The first kappa shape index (κ1) is 28.8. The summed E-state index contributed by atoms with van der Waals surface area (Å²) in [5, 5.41) is 0.190. The molecule has 0 aromatic carbocycles. The van der Waals surface area contributed by atoms with Crippen molar-refractivity contribution in [1.29, 1.82) is 0 Å². The van der Waals surface area contributed by atoms with Gasteiger partial charge in [0.1, 0.15) is 12.9 Å². The smallest absolute Gasteiger partial charge is 0.209 e. The Kier molecular flexibility index (Phi) is 11.5. The Labute approximate surface area is 196 Å². The predicted molar refractivity (Wildman–Crippen MR) is 132 cm³/mol. The van der Waals surface area contributed by atoms with Gasteiger partial charge in [0.05, 0.1) is 0 Å². The van der Waals surface area contributed by atoms with Gasteiger partial charge in [-0.2, -0.15) is 0 Å². The van der Waals surface area contributed by atoms with Gasteiger partial charge in [-0.1, -0.05) is 46.6 Å². The molecule has 0 spiro atoms. The summed E-state index contributed by atoms with van der Waals surface area (Å²) in [7, 11) is -0.230. The van der Waals surface area contributed by atoms with E-state index in [1.807, 2.05) is 6.92 Å². The second-order valence-electron chi connectivity index (χ2n) is 10.5. The van der Waals surface area contributed by atoms with E-state index in [1.165, 1.54) is 13.2 Å². The second-order valence-corrected chi connectivity index (χ2v) is 15.4. The third-order valence-electron chi connectivity index (χ3n) is 7.21. The standard InChI is InChI=1S/C26H44O5Si/c1-10-23(30-18-29-7)25(28)20(3)21-16-15-19(2)24(21)22(27)14-12-11-13-17-31-32(8,9)26(4,5)6/h10,19-21,23-24H,1,11,13,15-18H2,2-9H3/t19-,20-,21-,23+,24-/m0/s1. The fraction of sp³-hybridized carbons (Fsp3) is 0.769. The van der Waals surface area contributed by atoms with Crippen molar-refractivity contribution < 1.29 is 23.5 Å². The molecule has 1 aliphatic carbocycles. The van der Waals surface area contributed by atoms with Gasteiger partial charge in [0.2, 0.25) is 5.78 Å². The molecular weight excluding hydrogens is 420 g/mol. The van der Waals surface area contributed by atoms with Crippen LogP contribution in [0.4, 0.5) is 0 Å². The number of ketones is 2. The minimum Gasteiger partial charge on any atom is -0.417 e. The lowest BCUT2D eigenvalue weighted by molar-refractivity contribution is -0.140. The molecule has 1 fully saturated rings. The van der Waals surface area contributed by atoms with Gasteiger partial charge in [0, 0.05) is 32.0 Å². The number of carbonyl (C=O) groups is 2. The van der Waals surface area contributed by atoms with E-state index in [2.05, 4.69) is 59.2 Å².